The van der Waals surface area contributed by atoms with Crippen molar-refractivity contribution in [1.82, 2.24) is 10.2 Å². The maximum Gasteiger partial charge on any atom is 0.407 e. The van der Waals surface area contributed by atoms with Crippen LogP contribution in [0, 0.1) is 11.3 Å². The molecule has 0 saturated carbocycles. The Morgan fingerprint density at radius 1 is 1.15 bits per heavy atom. The summed E-state index contributed by atoms with van der Waals surface area (Å²) in [7, 11) is 0. The second kappa shape index (κ2) is 8.76. The molecule has 2 fully saturated rings. The summed E-state index contributed by atoms with van der Waals surface area (Å²) in [5, 5.41) is 12.4. The van der Waals surface area contributed by atoms with E-state index in [-0.39, 0.29) is 30.9 Å². The zero-order valence-corrected chi connectivity index (χ0v) is 19.0. The summed E-state index contributed by atoms with van der Waals surface area (Å²) in [6.45, 7) is 2.89. The van der Waals surface area contributed by atoms with Gasteiger partial charge in [-0.2, -0.15) is 0 Å². The fraction of sp³-hybridized carbons (Fsp3) is 0.423. The van der Waals surface area contributed by atoms with Crippen LogP contribution in [0.25, 0.3) is 11.1 Å². The number of hydrogen-bond donors (Lipinski definition) is 2. The quantitative estimate of drug-likeness (QED) is 0.705. The SMILES string of the molecule is CC(NC(=O)OCC1c2ccccc2-c2ccccc21)C(=O)N1C[C@H]2COCC[C@@]2(C(=O)O)C1. The van der Waals surface area contributed by atoms with Gasteiger partial charge in [-0.15, -0.1) is 0 Å². The Morgan fingerprint density at radius 2 is 1.79 bits per heavy atom. The molecular formula is C26H28N2O6. The number of rotatable bonds is 5. The van der Waals surface area contributed by atoms with Crippen LogP contribution in [0.3, 0.4) is 0 Å². The minimum atomic E-state index is -0.975. The molecule has 178 valence electrons. The summed E-state index contributed by atoms with van der Waals surface area (Å²) in [5.41, 5.74) is 3.53. The third kappa shape index (κ3) is 3.72. The molecule has 3 aliphatic rings. The van der Waals surface area contributed by atoms with Crippen LogP contribution in [-0.2, 0) is 19.1 Å². The summed E-state index contributed by atoms with van der Waals surface area (Å²) in [6.07, 6.45) is -0.291. The second-order valence-corrected chi connectivity index (χ2v) is 9.39. The molecule has 8 nitrogen and oxygen atoms in total. The largest absolute Gasteiger partial charge is 0.481 e. The van der Waals surface area contributed by atoms with E-state index in [1.54, 1.807) is 6.92 Å². The van der Waals surface area contributed by atoms with Crippen LogP contribution < -0.4 is 5.32 Å². The van der Waals surface area contributed by atoms with Crippen LogP contribution in [0.15, 0.2) is 48.5 Å². The molecule has 0 aromatic heterocycles. The molecule has 1 aliphatic carbocycles. The second-order valence-electron chi connectivity index (χ2n) is 9.39. The number of aliphatic carboxylic acids is 1. The fourth-order valence-corrected chi connectivity index (χ4v) is 5.62. The lowest BCUT2D eigenvalue weighted by molar-refractivity contribution is -0.157. The van der Waals surface area contributed by atoms with Gasteiger partial charge in [0.1, 0.15) is 12.6 Å². The molecule has 2 heterocycles. The van der Waals surface area contributed by atoms with Gasteiger partial charge in [0.25, 0.3) is 0 Å². The Kier molecular flexibility index (Phi) is 5.77. The van der Waals surface area contributed by atoms with Crippen molar-refractivity contribution in [2.75, 3.05) is 32.9 Å². The number of likely N-dealkylation sites (tertiary alicyclic amines) is 1. The topological polar surface area (TPSA) is 105 Å². The van der Waals surface area contributed by atoms with Crippen molar-refractivity contribution in [2.24, 2.45) is 11.3 Å². The van der Waals surface area contributed by atoms with Crippen molar-refractivity contribution < 1.29 is 29.0 Å². The number of benzene rings is 2. The van der Waals surface area contributed by atoms with Crippen molar-refractivity contribution in [3.8, 4) is 11.1 Å². The summed E-state index contributed by atoms with van der Waals surface area (Å²) < 4.78 is 11.0. The first-order valence-electron chi connectivity index (χ1n) is 11.6. The number of amides is 2. The molecule has 2 aromatic carbocycles. The van der Waals surface area contributed by atoms with E-state index in [0.29, 0.717) is 26.2 Å². The van der Waals surface area contributed by atoms with E-state index in [2.05, 4.69) is 17.4 Å². The minimum absolute atomic E-state index is 0.0683. The van der Waals surface area contributed by atoms with Gasteiger partial charge < -0.3 is 24.8 Å². The van der Waals surface area contributed by atoms with Gasteiger partial charge in [0, 0.05) is 31.5 Å². The number of carbonyl (C=O) groups is 3. The van der Waals surface area contributed by atoms with Gasteiger partial charge in [-0.3, -0.25) is 9.59 Å². The first-order chi connectivity index (χ1) is 16.4. The van der Waals surface area contributed by atoms with Crippen molar-refractivity contribution >= 4 is 18.0 Å². The van der Waals surface area contributed by atoms with E-state index < -0.39 is 23.5 Å². The Morgan fingerprint density at radius 3 is 2.41 bits per heavy atom. The number of carbonyl (C=O) groups excluding carboxylic acids is 2. The van der Waals surface area contributed by atoms with E-state index in [9.17, 15) is 19.5 Å². The number of hydrogen-bond acceptors (Lipinski definition) is 5. The average Bonchev–Trinajstić information content (AvgIpc) is 3.39. The number of carboxylic acid groups (broad SMARTS) is 1. The van der Waals surface area contributed by atoms with Crippen LogP contribution in [0.4, 0.5) is 4.79 Å². The number of nitrogens with zero attached hydrogens (tertiary/aromatic N) is 1. The van der Waals surface area contributed by atoms with Gasteiger partial charge in [-0.05, 0) is 35.6 Å². The molecule has 0 bridgehead atoms. The lowest BCUT2D eigenvalue weighted by Crippen LogP contribution is -2.48. The lowest BCUT2D eigenvalue weighted by Gasteiger charge is -2.33. The number of ether oxygens (including phenoxy) is 2. The molecule has 2 saturated heterocycles. The maximum absolute atomic E-state index is 13.0. The molecule has 8 heteroatoms. The molecule has 34 heavy (non-hydrogen) atoms. The highest BCUT2D eigenvalue weighted by atomic mass is 16.5. The van der Waals surface area contributed by atoms with Gasteiger partial charge in [0.05, 0.1) is 12.0 Å². The Labute approximate surface area is 197 Å². The smallest absolute Gasteiger partial charge is 0.407 e. The van der Waals surface area contributed by atoms with Crippen LogP contribution >= 0.6 is 0 Å². The zero-order valence-electron chi connectivity index (χ0n) is 19.0. The summed E-state index contributed by atoms with van der Waals surface area (Å²) in [4.78, 5) is 39.1. The van der Waals surface area contributed by atoms with Crippen LogP contribution in [-0.4, -0.2) is 66.9 Å². The van der Waals surface area contributed by atoms with Crippen molar-refractivity contribution in [1.29, 1.82) is 0 Å². The van der Waals surface area contributed by atoms with Crippen molar-refractivity contribution in [3.05, 3.63) is 59.7 Å². The summed E-state index contributed by atoms with van der Waals surface area (Å²) in [6, 6.07) is 15.3. The summed E-state index contributed by atoms with van der Waals surface area (Å²) >= 11 is 0. The van der Waals surface area contributed by atoms with E-state index in [1.165, 1.54) is 4.90 Å². The Hall–Kier alpha value is -3.39. The molecule has 1 unspecified atom stereocenters. The van der Waals surface area contributed by atoms with Crippen LogP contribution in [0.2, 0.25) is 0 Å². The normalized spacial score (nSPS) is 24.0. The van der Waals surface area contributed by atoms with Gasteiger partial charge in [0.15, 0.2) is 0 Å². The maximum atomic E-state index is 13.0. The van der Waals surface area contributed by atoms with Gasteiger partial charge in [-0.25, -0.2) is 4.79 Å². The van der Waals surface area contributed by atoms with E-state index in [4.69, 9.17) is 9.47 Å². The predicted octanol–water partition coefficient (Wildman–Crippen LogP) is 2.86. The molecule has 5 rings (SSSR count). The molecular weight excluding hydrogens is 436 g/mol. The third-order valence-corrected chi connectivity index (χ3v) is 7.49. The first-order valence-corrected chi connectivity index (χ1v) is 11.6. The molecule has 2 amide bonds. The molecule has 2 aliphatic heterocycles. The van der Waals surface area contributed by atoms with E-state index >= 15 is 0 Å². The predicted molar refractivity (Wildman–Crippen MR) is 123 cm³/mol. The molecule has 3 atom stereocenters. The standard InChI is InChI=1S/C26H28N2O6/c1-16(23(29)28-12-17-13-33-11-10-26(17,15-28)24(30)31)27-25(32)34-14-22-20-8-4-2-6-18(20)19-7-3-5-9-21(19)22/h2-9,16-17,22H,10-15H2,1H3,(H,27,32)(H,30,31)/t16?,17-,26+/m0/s1. The highest BCUT2D eigenvalue weighted by molar-refractivity contribution is 5.87. The summed E-state index contributed by atoms with van der Waals surface area (Å²) in [5.74, 6) is -1.53. The van der Waals surface area contributed by atoms with Crippen LogP contribution in [0.5, 0.6) is 0 Å². The zero-order chi connectivity index (χ0) is 23.9. The number of nitrogens with one attached hydrogen (secondary N) is 1. The number of carboxylic acids is 1. The highest BCUT2D eigenvalue weighted by Crippen LogP contribution is 2.45. The van der Waals surface area contributed by atoms with E-state index in [1.807, 2.05) is 36.4 Å². The minimum Gasteiger partial charge on any atom is -0.481 e. The molecule has 2 N–H and O–H groups in total. The van der Waals surface area contributed by atoms with Crippen molar-refractivity contribution in [2.45, 2.75) is 25.3 Å². The Bertz CT molecular complexity index is 1090. The molecule has 0 radical (unpaired) electrons. The van der Waals surface area contributed by atoms with Gasteiger partial charge in [0.2, 0.25) is 5.91 Å². The monoisotopic (exact) mass is 464 g/mol. The number of fused-ring (bicyclic) bond motifs is 4. The molecule has 2 aromatic rings. The highest BCUT2D eigenvalue weighted by Gasteiger charge is 2.55. The third-order valence-electron chi connectivity index (χ3n) is 7.49. The number of alkyl carbamates (subject to hydrolysis) is 1. The average molecular weight is 465 g/mol. The van der Waals surface area contributed by atoms with Crippen molar-refractivity contribution in [3.63, 3.8) is 0 Å². The van der Waals surface area contributed by atoms with Gasteiger partial charge in [-0.1, -0.05) is 48.5 Å². The van der Waals surface area contributed by atoms with Gasteiger partial charge >= 0.3 is 12.1 Å². The van der Waals surface area contributed by atoms with E-state index in [0.717, 1.165) is 22.3 Å². The fourth-order valence-electron chi connectivity index (χ4n) is 5.62. The first kappa shape index (κ1) is 22.4. The van der Waals surface area contributed by atoms with Crippen LogP contribution in [0.1, 0.15) is 30.4 Å². The Balaban J connectivity index is 1.20. The lowest BCUT2D eigenvalue weighted by atomic mass is 9.74. The molecule has 0 spiro atoms.